The van der Waals surface area contributed by atoms with Crippen LogP contribution in [0.1, 0.15) is 11.1 Å². The lowest BCUT2D eigenvalue weighted by Crippen LogP contribution is -2.09. The predicted molar refractivity (Wildman–Crippen MR) is 205 cm³/mol. The number of nitrogens with zero attached hydrogens (tertiary/aromatic N) is 2. The fourth-order valence-electron chi connectivity index (χ4n) is 7.10. The van der Waals surface area contributed by atoms with Gasteiger partial charge in [0.25, 0.3) is 0 Å². The third-order valence-electron chi connectivity index (χ3n) is 9.34. The summed E-state index contributed by atoms with van der Waals surface area (Å²) in [5.41, 5.74) is 11.9. The molecular weight excluding hydrogens is 581 g/mol. The molecule has 9 rings (SSSR count). The quantitative estimate of drug-likeness (QED) is 0.128. The number of anilines is 3. The molecule has 0 aliphatic carbocycles. The number of para-hydroxylation sites is 3. The molecule has 0 unspecified atom stereocenters. The van der Waals surface area contributed by atoms with Crippen LogP contribution in [0.4, 0.5) is 17.1 Å². The van der Waals surface area contributed by atoms with Gasteiger partial charge in [0.15, 0.2) is 0 Å². The minimum absolute atomic E-state index is 1.13. The first-order chi connectivity index (χ1) is 23.8. The highest BCUT2D eigenvalue weighted by Gasteiger charge is 2.18. The van der Waals surface area contributed by atoms with E-state index < -0.39 is 0 Å². The molecule has 2 heteroatoms. The largest absolute Gasteiger partial charge is 0.311 e. The lowest BCUT2D eigenvalue weighted by atomic mass is 9.94. The number of aromatic nitrogens is 1. The Kier molecular flexibility index (Phi) is 6.84. The first-order valence-corrected chi connectivity index (χ1v) is 16.4. The minimum atomic E-state index is 1.13. The van der Waals surface area contributed by atoms with E-state index in [-0.39, 0.29) is 0 Å². The Morgan fingerprint density at radius 1 is 0.396 bits per heavy atom. The third kappa shape index (κ3) is 4.83. The molecule has 0 N–H and O–H groups in total. The molecule has 0 aliphatic heterocycles. The Morgan fingerprint density at radius 2 is 0.958 bits per heavy atom. The van der Waals surface area contributed by atoms with Gasteiger partial charge in [-0.25, -0.2) is 0 Å². The van der Waals surface area contributed by atoms with Crippen LogP contribution in [-0.4, -0.2) is 4.57 Å². The molecule has 0 fully saturated rings. The molecule has 8 aromatic carbocycles. The molecule has 0 spiro atoms. The van der Waals surface area contributed by atoms with Crippen LogP contribution in [0.2, 0.25) is 0 Å². The van der Waals surface area contributed by atoms with Crippen molar-refractivity contribution in [3.05, 3.63) is 193 Å². The molecule has 0 aliphatic rings. The predicted octanol–water partition coefficient (Wildman–Crippen LogP) is 12.7. The number of hydrogen-bond donors (Lipinski definition) is 0. The molecule has 0 saturated heterocycles. The van der Waals surface area contributed by atoms with Gasteiger partial charge < -0.3 is 9.47 Å². The van der Waals surface area contributed by atoms with Gasteiger partial charge in [0.05, 0.1) is 11.0 Å². The molecule has 1 heterocycles. The summed E-state index contributed by atoms with van der Waals surface area (Å²) >= 11 is 0. The average molecular weight is 613 g/mol. The molecular formula is C46H32N2. The van der Waals surface area contributed by atoms with Gasteiger partial charge in [-0.15, -0.1) is 0 Å². The summed E-state index contributed by atoms with van der Waals surface area (Å²) in [4.78, 5) is 2.28. The SMILES string of the molecule is C(=C\c1ccc(N(c2ccccc2)c2ccccc2)cc1)/c1ccc(-c2ccc3c4c2ccc2cccc(c24)n3-c2ccccc2)cc1. The van der Waals surface area contributed by atoms with E-state index in [1.54, 1.807) is 0 Å². The van der Waals surface area contributed by atoms with Gasteiger partial charge in [-0.1, -0.05) is 133 Å². The van der Waals surface area contributed by atoms with Crippen LogP contribution in [0.5, 0.6) is 0 Å². The van der Waals surface area contributed by atoms with Crippen LogP contribution in [0.25, 0.3) is 61.5 Å². The van der Waals surface area contributed by atoms with Crippen molar-refractivity contribution in [3.8, 4) is 16.8 Å². The van der Waals surface area contributed by atoms with Crippen molar-refractivity contribution in [2.75, 3.05) is 4.90 Å². The summed E-state index contributed by atoms with van der Waals surface area (Å²) in [7, 11) is 0. The van der Waals surface area contributed by atoms with Crippen LogP contribution < -0.4 is 4.90 Å². The molecule has 9 aromatic rings. The third-order valence-corrected chi connectivity index (χ3v) is 9.34. The Hall–Kier alpha value is -6.38. The van der Waals surface area contributed by atoms with Gasteiger partial charge in [0.2, 0.25) is 0 Å². The maximum absolute atomic E-state index is 2.40. The van der Waals surface area contributed by atoms with E-state index >= 15 is 0 Å². The highest BCUT2D eigenvalue weighted by atomic mass is 15.1. The molecule has 0 amide bonds. The van der Waals surface area contributed by atoms with Crippen molar-refractivity contribution < 1.29 is 0 Å². The van der Waals surface area contributed by atoms with Gasteiger partial charge in [-0.3, -0.25) is 0 Å². The maximum atomic E-state index is 2.40. The highest BCUT2D eigenvalue weighted by Crippen LogP contribution is 2.42. The first-order valence-electron chi connectivity index (χ1n) is 16.4. The lowest BCUT2D eigenvalue weighted by molar-refractivity contribution is 1.18. The smallest absolute Gasteiger partial charge is 0.0547 e. The summed E-state index contributed by atoms with van der Waals surface area (Å²) in [6.45, 7) is 0. The summed E-state index contributed by atoms with van der Waals surface area (Å²) in [6, 6.07) is 65.2. The van der Waals surface area contributed by atoms with Gasteiger partial charge in [0, 0.05) is 33.5 Å². The van der Waals surface area contributed by atoms with Crippen LogP contribution in [-0.2, 0) is 0 Å². The van der Waals surface area contributed by atoms with E-state index in [1.165, 1.54) is 55.0 Å². The normalized spacial score (nSPS) is 11.7. The van der Waals surface area contributed by atoms with E-state index in [0.29, 0.717) is 0 Å². The second-order valence-electron chi connectivity index (χ2n) is 12.2. The second kappa shape index (κ2) is 11.8. The summed E-state index contributed by atoms with van der Waals surface area (Å²) in [5, 5.41) is 5.22. The van der Waals surface area contributed by atoms with Gasteiger partial charge >= 0.3 is 0 Å². The van der Waals surface area contributed by atoms with Crippen LogP contribution in [0.15, 0.2) is 182 Å². The van der Waals surface area contributed by atoms with Crippen molar-refractivity contribution in [2.45, 2.75) is 0 Å². The average Bonchev–Trinajstić information content (AvgIpc) is 3.51. The molecule has 0 bridgehead atoms. The maximum Gasteiger partial charge on any atom is 0.0547 e. The highest BCUT2D eigenvalue weighted by molar-refractivity contribution is 6.26. The zero-order chi connectivity index (χ0) is 31.9. The van der Waals surface area contributed by atoms with E-state index in [0.717, 1.165) is 22.6 Å². The zero-order valence-electron chi connectivity index (χ0n) is 26.4. The summed E-state index contributed by atoms with van der Waals surface area (Å²) < 4.78 is 2.40. The van der Waals surface area contributed by atoms with E-state index in [1.807, 2.05) is 0 Å². The summed E-state index contributed by atoms with van der Waals surface area (Å²) in [5.74, 6) is 0. The van der Waals surface area contributed by atoms with Crippen LogP contribution >= 0.6 is 0 Å². The fourth-order valence-corrected chi connectivity index (χ4v) is 7.10. The number of hydrogen-bond acceptors (Lipinski definition) is 1. The molecule has 1 aromatic heterocycles. The Morgan fingerprint density at radius 3 is 1.60 bits per heavy atom. The Bertz CT molecular complexity index is 2470. The first kappa shape index (κ1) is 27.9. The topological polar surface area (TPSA) is 8.17 Å². The van der Waals surface area contributed by atoms with E-state index in [4.69, 9.17) is 0 Å². The zero-order valence-corrected chi connectivity index (χ0v) is 26.4. The van der Waals surface area contributed by atoms with Crippen molar-refractivity contribution in [2.24, 2.45) is 0 Å². The standard InChI is InChI=1S/C46H32N2/c1-4-12-37(13-5-1)47(38-14-6-2-7-15-38)40-28-23-34(24-29-40)20-19-33-21-25-35(26-22-33)41-31-32-44-46-42(41)30-27-36-11-10-18-43(45(36)46)48(44)39-16-8-3-9-17-39/h1-32H/b20-19+. The van der Waals surface area contributed by atoms with Crippen molar-refractivity contribution in [3.63, 3.8) is 0 Å². The lowest BCUT2D eigenvalue weighted by Gasteiger charge is -2.25. The molecule has 48 heavy (non-hydrogen) atoms. The van der Waals surface area contributed by atoms with Crippen LogP contribution in [0.3, 0.4) is 0 Å². The van der Waals surface area contributed by atoms with Gasteiger partial charge in [-0.2, -0.15) is 0 Å². The van der Waals surface area contributed by atoms with Crippen molar-refractivity contribution in [1.82, 2.24) is 4.57 Å². The monoisotopic (exact) mass is 612 g/mol. The molecule has 2 nitrogen and oxygen atoms in total. The van der Waals surface area contributed by atoms with Crippen molar-refractivity contribution in [1.29, 1.82) is 0 Å². The van der Waals surface area contributed by atoms with Gasteiger partial charge in [0.1, 0.15) is 0 Å². The van der Waals surface area contributed by atoms with E-state index in [9.17, 15) is 0 Å². The van der Waals surface area contributed by atoms with Gasteiger partial charge in [-0.05, 0) is 93.7 Å². The van der Waals surface area contributed by atoms with Crippen molar-refractivity contribution >= 4 is 61.8 Å². The summed E-state index contributed by atoms with van der Waals surface area (Å²) in [6.07, 6.45) is 4.38. The number of benzene rings is 8. The minimum Gasteiger partial charge on any atom is -0.311 e. The molecule has 0 saturated carbocycles. The Balaban J connectivity index is 1.02. The second-order valence-corrected chi connectivity index (χ2v) is 12.2. The van der Waals surface area contributed by atoms with Crippen LogP contribution in [0, 0.1) is 0 Å². The molecule has 0 atom stereocenters. The fraction of sp³-hybridized carbons (Fsp3) is 0. The molecule has 226 valence electrons. The van der Waals surface area contributed by atoms with E-state index in [2.05, 4.69) is 204 Å². The Labute approximate surface area is 280 Å². The molecule has 0 radical (unpaired) electrons. The number of rotatable bonds is 7.